The third kappa shape index (κ3) is 3.82. The molecule has 5 nitrogen and oxygen atoms in total. The van der Waals surface area contributed by atoms with Crippen molar-refractivity contribution in [3.8, 4) is 11.8 Å². The number of ether oxygens (including phenoxy) is 1. The summed E-state index contributed by atoms with van der Waals surface area (Å²) in [5, 5.41) is 8.78. The number of hydrogen-bond donors (Lipinski definition) is 1. The molecule has 6 heteroatoms. The maximum atomic E-state index is 12.7. The smallest absolute Gasteiger partial charge is 0.265 e. The Hall–Kier alpha value is -2.52. The lowest BCUT2D eigenvalue weighted by molar-refractivity contribution is 0.402. The topological polar surface area (TPSA) is 79.2 Å². The van der Waals surface area contributed by atoms with Gasteiger partial charge in [-0.3, -0.25) is 4.72 Å². The zero-order valence-electron chi connectivity index (χ0n) is 13.2. The summed E-state index contributed by atoms with van der Waals surface area (Å²) in [5.41, 5.74) is 1.76. The molecule has 0 saturated carbocycles. The highest BCUT2D eigenvalue weighted by atomic mass is 32.2. The molecule has 1 N–H and O–H groups in total. The summed E-state index contributed by atoms with van der Waals surface area (Å²) < 4.78 is 33.0. The van der Waals surface area contributed by atoms with E-state index < -0.39 is 10.0 Å². The zero-order valence-corrected chi connectivity index (χ0v) is 14.0. The number of benzene rings is 2. The number of nitrogens with zero attached hydrogens (tertiary/aromatic N) is 1. The molecule has 0 amide bonds. The SMILES string of the molecule is COc1ccc(C(C)C)cc1S(=O)(=O)Nc1ccc(C#N)cc1. The first kappa shape index (κ1) is 16.8. The number of methoxy groups -OCH3 is 1. The van der Waals surface area contributed by atoms with Gasteiger partial charge in [0.15, 0.2) is 0 Å². The van der Waals surface area contributed by atoms with Gasteiger partial charge < -0.3 is 4.74 Å². The first-order chi connectivity index (χ1) is 10.9. The van der Waals surface area contributed by atoms with Gasteiger partial charge >= 0.3 is 0 Å². The normalized spacial score (nSPS) is 11.1. The van der Waals surface area contributed by atoms with Gasteiger partial charge in [0.2, 0.25) is 0 Å². The molecule has 0 aromatic heterocycles. The van der Waals surface area contributed by atoms with E-state index in [0.717, 1.165) is 5.56 Å². The van der Waals surface area contributed by atoms with Crippen molar-refractivity contribution in [1.29, 1.82) is 5.26 Å². The number of nitrogens with one attached hydrogen (secondary N) is 1. The fourth-order valence-corrected chi connectivity index (χ4v) is 3.35. The Morgan fingerprint density at radius 2 is 1.78 bits per heavy atom. The van der Waals surface area contributed by atoms with E-state index in [1.807, 2.05) is 26.0 Å². The van der Waals surface area contributed by atoms with Crippen molar-refractivity contribution in [2.24, 2.45) is 0 Å². The van der Waals surface area contributed by atoms with Gasteiger partial charge in [-0.1, -0.05) is 19.9 Å². The van der Waals surface area contributed by atoms with Crippen LogP contribution in [0.4, 0.5) is 5.69 Å². The van der Waals surface area contributed by atoms with E-state index in [1.54, 1.807) is 36.4 Å². The highest BCUT2D eigenvalue weighted by Crippen LogP contribution is 2.29. The molecule has 0 unspecified atom stereocenters. The average molecular weight is 330 g/mol. The molecule has 0 spiro atoms. The lowest BCUT2D eigenvalue weighted by Gasteiger charge is -2.14. The predicted molar refractivity (Wildman–Crippen MR) is 89.0 cm³/mol. The Balaban J connectivity index is 2.41. The molecule has 0 fully saturated rings. The highest BCUT2D eigenvalue weighted by molar-refractivity contribution is 7.92. The van der Waals surface area contributed by atoms with Crippen LogP contribution in [-0.2, 0) is 10.0 Å². The number of hydrogen-bond acceptors (Lipinski definition) is 4. The molecule has 2 aromatic carbocycles. The molecule has 0 radical (unpaired) electrons. The van der Waals surface area contributed by atoms with E-state index in [4.69, 9.17) is 10.00 Å². The average Bonchev–Trinajstić information content (AvgIpc) is 2.54. The molecule has 0 saturated heterocycles. The van der Waals surface area contributed by atoms with Crippen LogP contribution in [0, 0.1) is 11.3 Å². The third-order valence-corrected chi connectivity index (χ3v) is 4.81. The van der Waals surface area contributed by atoms with E-state index in [1.165, 1.54) is 7.11 Å². The minimum atomic E-state index is -3.79. The molecule has 0 aliphatic carbocycles. The summed E-state index contributed by atoms with van der Waals surface area (Å²) in [4.78, 5) is 0.0931. The van der Waals surface area contributed by atoms with Crippen LogP contribution in [0.1, 0.15) is 30.9 Å². The summed E-state index contributed by atoms with van der Waals surface area (Å²) in [5.74, 6) is 0.486. The summed E-state index contributed by atoms with van der Waals surface area (Å²) in [6.07, 6.45) is 0. The maximum Gasteiger partial charge on any atom is 0.265 e. The van der Waals surface area contributed by atoms with Crippen LogP contribution in [0.5, 0.6) is 5.75 Å². The van der Waals surface area contributed by atoms with Gasteiger partial charge in [0.05, 0.1) is 18.7 Å². The molecule has 2 aromatic rings. The quantitative estimate of drug-likeness (QED) is 0.910. The summed E-state index contributed by atoms with van der Waals surface area (Å²) >= 11 is 0. The van der Waals surface area contributed by atoms with Crippen molar-refractivity contribution >= 4 is 15.7 Å². The molecular weight excluding hydrogens is 312 g/mol. The van der Waals surface area contributed by atoms with Crippen LogP contribution in [0.2, 0.25) is 0 Å². The molecule has 0 aliphatic heterocycles. The standard InChI is InChI=1S/C17H18N2O3S/c1-12(2)14-6-9-16(22-3)17(10-14)23(20,21)19-15-7-4-13(11-18)5-8-15/h4-10,12,19H,1-3H3. The Morgan fingerprint density at radius 1 is 1.13 bits per heavy atom. The van der Waals surface area contributed by atoms with Gasteiger partial charge in [-0.15, -0.1) is 0 Å². The van der Waals surface area contributed by atoms with Crippen molar-refractivity contribution in [1.82, 2.24) is 0 Å². The first-order valence-electron chi connectivity index (χ1n) is 7.08. The summed E-state index contributed by atoms with van der Waals surface area (Å²) in [6, 6.07) is 13.3. The Bertz CT molecular complexity index is 835. The lowest BCUT2D eigenvalue weighted by atomic mass is 10.0. The van der Waals surface area contributed by atoms with Crippen molar-refractivity contribution in [3.05, 3.63) is 53.6 Å². The molecule has 2 rings (SSSR count). The molecule has 0 heterocycles. The lowest BCUT2D eigenvalue weighted by Crippen LogP contribution is -2.14. The Morgan fingerprint density at radius 3 is 2.30 bits per heavy atom. The molecular formula is C17H18N2O3S. The highest BCUT2D eigenvalue weighted by Gasteiger charge is 2.21. The van der Waals surface area contributed by atoms with Gasteiger partial charge in [-0.25, -0.2) is 8.42 Å². The van der Waals surface area contributed by atoms with Crippen LogP contribution in [-0.4, -0.2) is 15.5 Å². The molecule has 0 aliphatic rings. The summed E-state index contributed by atoms with van der Waals surface area (Å²) in [6.45, 7) is 3.98. The van der Waals surface area contributed by atoms with Crippen LogP contribution >= 0.6 is 0 Å². The van der Waals surface area contributed by atoms with Gasteiger partial charge in [-0.2, -0.15) is 5.26 Å². The van der Waals surface area contributed by atoms with E-state index in [2.05, 4.69) is 4.72 Å². The van der Waals surface area contributed by atoms with Crippen molar-refractivity contribution < 1.29 is 13.2 Å². The zero-order chi connectivity index (χ0) is 17.0. The van der Waals surface area contributed by atoms with Crippen LogP contribution in [0.3, 0.4) is 0 Å². The third-order valence-electron chi connectivity index (χ3n) is 3.41. The molecule has 0 bridgehead atoms. The largest absolute Gasteiger partial charge is 0.495 e. The minimum Gasteiger partial charge on any atom is -0.495 e. The molecule has 0 atom stereocenters. The van der Waals surface area contributed by atoms with E-state index in [0.29, 0.717) is 11.3 Å². The second kappa shape index (κ2) is 6.71. The Labute approximate surface area is 136 Å². The fourth-order valence-electron chi connectivity index (χ4n) is 2.09. The summed E-state index contributed by atoms with van der Waals surface area (Å²) in [7, 11) is -2.35. The minimum absolute atomic E-state index is 0.0931. The van der Waals surface area contributed by atoms with Crippen molar-refractivity contribution in [2.75, 3.05) is 11.8 Å². The number of sulfonamides is 1. The van der Waals surface area contributed by atoms with E-state index in [-0.39, 0.29) is 16.6 Å². The van der Waals surface area contributed by atoms with Gasteiger partial charge in [-0.05, 0) is 47.9 Å². The second-order valence-electron chi connectivity index (χ2n) is 5.36. The molecule has 120 valence electrons. The molecule has 23 heavy (non-hydrogen) atoms. The van der Waals surface area contributed by atoms with Crippen LogP contribution in [0.25, 0.3) is 0 Å². The van der Waals surface area contributed by atoms with Gasteiger partial charge in [0, 0.05) is 5.69 Å². The number of anilines is 1. The van der Waals surface area contributed by atoms with E-state index >= 15 is 0 Å². The van der Waals surface area contributed by atoms with Gasteiger partial charge in [0.25, 0.3) is 10.0 Å². The van der Waals surface area contributed by atoms with E-state index in [9.17, 15) is 8.42 Å². The van der Waals surface area contributed by atoms with Gasteiger partial charge in [0.1, 0.15) is 10.6 Å². The number of rotatable bonds is 5. The maximum absolute atomic E-state index is 12.7. The Kier molecular flexibility index (Phi) is 4.92. The monoisotopic (exact) mass is 330 g/mol. The number of nitriles is 1. The first-order valence-corrected chi connectivity index (χ1v) is 8.56. The fraction of sp³-hybridized carbons (Fsp3) is 0.235. The van der Waals surface area contributed by atoms with Crippen molar-refractivity contribution in [3.63, 3.8) is 0 Å². The predicted octanol–water partition coefficient (Wildman–Crippen LogP) is 3.49. The van der Waals surface area contributed by atoms with Crippen LogP contribution < -0.4 is 9.46 Å². The van der Waals surface area contributed by atoms with Crippen LogP contribution in [0.15, 0.2) is 47.4 Å². The van der Waals surface area contributed by atoms with Crippen molar-refractivity contribution in [2.45, 2.75) is 24.7 Å². The second-order valence-corrected chi connectivity index (χ2v) is 7.01.